The van der Waals surface area contributed by atoms with Crippen LogP contribution in [-0.2, 0) is 13.6 Å². The number of para-hydroxylation sites is 2. The Morgan fingerprint density at radius 1 is 1.31 bits per heavy atom. The second-order valence-electron chi connectivity index (χ2n) is 3.08. The number of aromatic amines is 1. The number of aromatic nitrogens is 2. The van der Waals surface area contributed by atoms with E-state index in [2.05, 4.69) is 15.1 Å². The lowest BCUT2D eigenvalue weighted by atomic mass is 10.3. The van der Waals surface area contributed by atoms with Gasteiger partial charge in [0.05, 0.1) is 11.0 Å². The van der Waals surface area contributed by atoms with E-state index in [1.54, 1.807) is 0 Å². The number of anilines is 1. The third-order valence-electron chi connectivity index (χ3n) is 2.11. The Labute approximate surface area is 92.6 Å². The smallest absolute Gasteiger partial charge is 0.324 e. The zero-order chi connectivity index (χ0) is 11.6. The zero-order valence-corrected chi connectivity index (χ0v) is 9.82. The predicted octanol–water partition coefficient (Wildman–Crippen LogP) is 2.38. The van der Waals surface area contributed by atoms with Crippen LogP contribution in [0, 0.1) is 0 Å². The highest BCUT2D eigenvalue weighted by Gasteiger charge is 2.22. The van der Waals surface area contributed by atoms with E-state index in [4.69, 9.17) is 9.05 Å². The molecule has 2 rings (SSSR count). The minimum absolute atomic E-state index is 0.355. The molecule has 1 heterocycles. The maximum absolute atomic E-state index is 11.8. The number of nitrogens with one attached hydrogen (secondary N) is 2. The largest absolute Gasteiger partial charge is 0.434 e. The van der Waals surface area contributed by atoms with Crippen LogP contribution < -0.4 is 5.09 Å². The van der Waals surface area contributed by atoms with Crippen molar-refractivity contribution in [3.63, 3.8) is 0 Å². The van der Waals surface area contributed by atoms with Crippen molar-refractivity contribution < 1.29 is 13.6 Å². The molecule has 0 amide bonds. The zero-order valence-electron chi connectivity index (χ0n) is 8.93. The van der Waals surface area contributed by atoms with Crippen LogP contribution in [0.5, 0.6) is 0 Å². The van der Waals surface area contributed by atoms with Crippen LogP contribution in [0.3, 0.4) is 0 Å². The summed E-state index contributed by atoms with van der Waals surface area (Å²) in [6.07, 6.45) is 0. The van der Waals surface area contributed by atoms with Gasteiger partial charge in [0, 0.05) is 14.2 Å². The Bertz CT molecular complexity index is 499. The van der Waals surface area contributed by atoms with E-state index >= 15 is 0 Å². The number of rotatable bonds is 4. The van der Waals surface area contributed by atoms with Gasteiger partial charge in [-0.15, -0.1) is 0 Å². The lowest BCUT2D eigenvalue weighted by Gasteiger charge is -2.12. The standard InChI is InChI=1S/C9H12N3O3P/c1-14-16(13,15-2)12-9-10-7-5-3-4-6-8(7)11-9/h3-6H,1-2H3,(H2,10,11,12,13). The molecule has 86 valence electrons. The summed E-state index contributed by atoms with van der Waals surface area (Å²) >= 11 is 0. The van der Waals surface area contributed by atoms with Crippen molar-refractivity contribution >= 4 is 24.7 Å². The summed E-state index contributed by atoms with van der Waals surface area (Å²) in [5, 5.41) is 2.59. The third kappa shape index (κ3) is 2.09. The van der Waals surface area contributed by atoms with Crippen LogP contribution in [0.1, 0.15) is 0 Å². The Morgan fingerprint density at radius 3 is 2.62 bits per heavy atom. The molecule has 0 saturated heterocycles. The molecule has 0 aliphatic heterocycles. The monoisotopic (exact) mass is 241 g/mol. The molecule has 7 heteroatoms. The summed E-state index contributed by atoms with van der Waals surface area (Å²) < 4.78 is 21.3. The van der Waals surface area contributed by atoms with Gasteiger partial charge in [-0.05, 0) is 12.1 Å². The first-order chi connectivity index (χ1) is 7.67. The second-order valence-corrected chi connectivity index (χ2v) is 5.03. The first-order valence-electron chi connectivity index (χ1n) is 4.61. The number of imidazole rings is 1. The highest BCUT2D eigenvalue weighted by Crippen LogP contribution is 2.45. The number of hydrogen-bond donors (Lipinski definition) is 2. The van der Waals surface area contributed by atoms with Crippen molar-refractivity contribution in [2.24, 2.45) is 0 Å². The van der Waals surface area contributed by atoms with Gasteiger partial charge in [0.25, 0.3) is 0 Å². The number of hydrogen-bond acceptors (Lipinski definition) is 4. The van der Waals surface area contributed by atoms with Crippen LogP contribution >= 0.6 is 7.75 Å². The fourth-order valence-corrected chi connectivity index (χ4v) is 2.00. The van der Waals surface area contributed by atoms with E-state index in [0.717, 1.165) is 11.0 Å². The van der Waals surface area contributed by atoms with E-state index in [-0.39, 0.29) is 0 Å². The molecule has 0 bridgehead atoms. The summed E-state index contributed by atoms with van der Waals surface area (Å²) in [6, 6.07) is 7.48. The van der Waals surface area contributed by atoms with Crippen molar-refractivity contribution in [3.05, 3.63) is 24.3 Å². The van der Waals surface area contributed by atoms with E-state index in [1.807, 2.05) is 24.3 Å². The molecule has 0 fully saturated rings. The van der Waals surface area contributed by atoms with Crippen LogP contribution in [0.15, 0.2) is 24.3 Å². The summed E-state index contributed by atoms with van der Waals surface area (Å²) in [5.41, 5.74) is 1.63. The summed E-state index contributed by atoms with van der Waals surface area (Å²) in [4.78, 5) is 7.16. The highest BCUT2D eigenvalue weighted by molar-refractivity contribution is 7.55. The van der Waals surface area contributed by atoms with Crippen LogP contribution in [0.25, 0.3) is 11.0 Å². The van der Waals surface area contributed by atoms with Gasteiger partial charge in [0.15, 0.2) is 0 Å². The summed E-state index contributed by atoms with van der Waals surface area (Å²) in [7, 11) is -0.691. The average molecular weight is 241 g/mol. The maximum Gasteiger partial charge on any atom is 0.434 e. The van der Waals surface area contributed by atoms with Crippen molar-refractivity contribution in [1.82, 2.24) is 9.97 Å². The summed E-state index contributed by atoms with van der Waals surface area (Å²) in [6.45, 7) is 0. The van der Waals surface area contributed by atoms with Gasteiger partial charge in [-0.1, -0.05) is 12.1 Å². The Kier molecular flexibility index (Phi) is 2.96. The lowest BCUT2D eigenvalue weighted by molar-refractivity contribution is 0.281. The first kappa shape index (κ1) is 11.1. The molecular formula is C9H12N3O3P. The molecule has 1 aromatic heterocycles. The topological polar surface area (TPSA) is 76.2 Å². The first-order valence-corrected chi connectivity index (χ1v) is 6.16. The normalized spacial score (nSPS) is 11.9. The van der Waals surface area contributed by atoms with Crippen LogP contribution in [0.4, 0.5) is 5.95 Å². The van der Waals surface area contributed by atoms with Gasteiger partial charge < -0.3 is 4.98 Å². The minimum Gasteiger partial charge on any atom is -0.324 e. The molecule has 0 radical (unpaired) electrons. The molecule has 6 nitrogen and oxygen atoms in total. The van der Waals surface area contributed by atoms with E-state index in [0.29, 0.717) is 5.95 Å². The lowest BCUT2D eigenvalue weighted by Crippen LogP contribution is -2.01. The molecule has 0 spiro atoms. The second kappa shape index (κ2) is 4.25. The van der Waals surface area contributed by atoms with E-state index in [1.165, 1.54) is 14.2 Å². The molecule has 2 N–H and O–H groups in total. The number of H-pyrrole nitrogens is 1. The summed E-state index contributed by atoms with van der Waals surface area (Å²) in [5.74, 6) is 0.355. The molecule has 16 heavy (non-hydrogen) atoms. The highest BCUT2D eigenvalue weighted by atomic mass is 31.2. The molecule has 0 atom stereocenters. The Hall–Kier alpha value is -1.36. The fourth-order valence-electron chi connectivity index (χ4n) is 1.30. The number of benzene rings is 1. The van der Waals surface area contributed by atoms with Crippen molar-refractivity contribution in [2.75, 3.05) is 19.3 Å². The molecule has 0 aliphatic rings. The molecule has 0 unspecified atom stereocenters. The molecule has 0 saturated carbocycles. The van der Waals surface area contributed by atoms with Gasteiger partial charge in [-0.25, -0.2) is 9.55 Å². The van der Waals surface area contributed by atoms with E-state index in [9.17, 15) is 4.57 Å². The predicted molar refractivity (Wildman–Crippen MR) is 61.3 cm³/mol. The Morgan fingerprint density at radius 2 is 2.00 bits per heavy atom. The van der Waals surface area contributed by atoms with Gasteiger partial charge in [0.1, 0.15) is 0 Å². The SMILES string of the molecule is COP(=O)(Nc1nc2ccccc2[nH]1)OC. The van der Waals surface area contributed by atoms with Gasteiger partial charge in [0.2, 0.25) is 5.95 Å². The number of fused-ring (bicyclic) bond motifs is 1. The average Bonchev–Trinajstić information content (AvgIpc) is 2.70. The minimum atomic E-state index is -3.30. The quantitative estimate of drug-likeness (QED) is 0.803. The maximum atomic E-state index is 11.8. The third-order valence-corrected chi connectivity index (χ3v) is 3.56. The number of nitrogens with zero attached hydrogens (tertiary/aromatic N) is 1. The van der Waals surface area contributed by atoms with E-state index < -0.39 is 7.75 Å². The molecule has 2 aromatic rings. The van der Waals surface area contributed by atoms with Gasteiger partial charge in [-0.2, -0.15) is 0 Å². The van der Waals surface area contributed by atoms with Crippen molar-refractivity contribution in [1.29, 1.82) is 0 Å². The van der Waals surface area contributed by atoms with Gasteiger partial charge >= 0.3 is 7.75 Å². The fraction of sp³-hybridized carbons (Fsp3) is 0.222. The Balaban J connectivity index is 2.31. The van der Waals surface area contributed by atoms with Gasteiger partial charge in [-0.3, -0.25) is 14.1 Å². The van der Waals surface area contributed by atoms with Crippen LogP contribution in [-0.4, -0.2) is 24.2 Å². The van der Waals surface area contributed by atoms with Crippen LogP contribution in [0.2, 0.25) is 0 Å². The molecular weight excluding hydrogens is 229 g/mol. The van der Waals surface area contributed by atoms with Crippen molar-refractivity contribution in [2.45, 2.75) is 0 Å². The van der Waals surface area contributed by atoms with Crippen molar-refractivity contribution in [3.8, 4) is 0 Å². The molecule has 0 aliphatic carbocycles. The molecule has 1 aromatic carbocycles.